The lowest BCUT2D eigenvalue weighted by Gasteiger charge is -2.32. The Bertz CT molecular complexity index is 1330. The molecule has 3 heterocycles. The summed E-state index contributed by atoms with van der Waals surface area (Å²) in [4.78, 5) is 21.1. The SMILES string of the molecule is Cc1nc(N[C@H](C)c2cccc(C(C)(F)F)c2F)c2cn(C3(C(F)(F)F)CCOC3)c(=O)cc2n1. The lowest BCUT2D eigenvalue weighted by molar-refractivity contribution is -0.214. The van der Waals surface area contributed by atoms with E-state index in [1.54, 1.807) is 0 Å². The molecule has 0 amide bonds. The van der Waals surface area contributed by atoms with Gasteiger partial charge in [-0.3, -0.25) is 9.36 Å². The molecule has 1 N–H and O–H groups in total. The fraction of sp³-hybridized carbons (Fsp3) is 0.435. The number of halogens is 6. The molecule has 12 heteroatoms. The van der Waals surface area contributed by atoms with Gasteiger partial charge in [-0.05, 0) is 13.8 Å². The molecule has 2 atom stereocenters. The van der Waals surface area contributed by atoms with E-state index >= 15 is 0 Å². The van der Waals surface area contributed by atoms with Gasteiger partial charge in [-0.1, -0.05) is 18.2 Å². The van der Waals surface area contributed by atoms with Crippen LogP contribution < -0.4 is 10.9 Å². The zero-order chi connectivity index (χ0) is 25.8. The van der Waals surface area contributed by atoms with Crippen LogP contribution in [0.1, 0.15) is 43.3 Å². The first-order valence-corrected chi connectivity index (χ1v) is 10.7. The molecular formula is C23H22F6N4O2. The average Bonchev–Trinajstić information content (AvgIpc) is 3.23. The molecule has 4 rings (SSSR count). The van der Waals surface area contributed by atoms with Crippen molar-refractivity contribution in [2.45, 2.75) is 50.9 Å². The van der Waals surface area contributed by atoms with E-state index in [-0.39, 0.29) is 34.7 Å². The maximum Gasteiger partial charge on any atom is 0.414 e. The Labute approximate surface area is 196 Å². The second-order valence-corrected chi connectivity index (χ2v) is 8.70. The normalized spacial score (nSPS) is 19.8. The number of hydrogen-bond acceptors (Lipinski definition) is 5. The van der Waals surface area contributed by atoms with Crippen LogP contribution in [0, 0.1) is 12.7 Å². The Balaban J connectivity index is 1.84. The molecule has 35 heavy (non-hydrogen) atoms. The van der Waals surface area contributed by atoms with Crippen molar-refractivity contribution >= 4 is 16.7 Å². The molecule has 1 saturated heterocycles. The Kier molecular flexibility index (Phi) is 6.06. The maximum absolute atomic E-state index is 14.9. The molecule has 1 aliphatic rings. The van der Waals surface area contributed by atoms with E-state index in [0.717, 1.165) is 18.3 Å². The predicted molar refractivity (Wildman–Crippen MR) is 116 cm³/mol. The molecule has 0 spiro atoms. The number of fused-ring (bicyclic) bond motifs is 1. The van der Waals surface area contributed by atoms with Gasteiger partial charge in [-0.15, -0.1) is 0 Å². The van der Waals surface area contributed by atoms with Gasteiger partial charge in [0, 0.05) is 37.8 Å². The molecule has 188 valence electrons. The van der Waals surface area contributed by atoms with Crippen molar-refractivity contribution < 1.29 is 31.1 Å². The highest BCUT2D eigenvalue weighted by atomic mass is 19.4. The average molecular weight is 500 g/mol. The van der Waals surface area contributed by atoms with Gasteiger partial charge in [-0.25, -0.2) is 23.1 Å². The van der Waals surface area contributed by atoms with E-state index in [9.17, 15) is 31.1 Å². The predicted octanol–water partition coefficient (Wildman–Crippen LogP) is 5.20. The maximum atomic E-state index is 14.9. The summed E-state index contributed by atoms with van der Waals surface area (Å²) in [5, 5.41) is 2.96. The van der Waals surface area contributed by atoms with Crippen LogP contribution in [-0.2, 0) is 16.2 Å². The minimum absolute atomic E-state index is 0.0260. The van der Waals surface area contributed by atoms with Crippen molar-refractivity contribution in [2.24, 2.45) is 0 Å². The summed E-state index contributed by atoms with van der Waals surface area (Å²) in [7, 11) is 0. The molecule has 0 saturated carbocycles. The fourth-order valence-electron chi connectivity index (χ4n) is 4.27. The summed E-state index contributed by atoms with van der Waals surface area (Å²) in [6, 6.07) is 3.67. The third-order valence-electron chi connectivity index (χ3n) is 6.15. The Morgan fingerprint density at radius 3 is 2.51 bits per heavy atom. The van der Waals surface area contributed by atoms with Crippen molar-refractivity contribution in [2.75, 3.05) is 18.5 Å². The molecule has 0 radical (unpaired) electrons. The largest absolute Gasteiger partial charge is 0.414 e. The lowest BCUT2D eigenvalue weighted by atomic mass is 9.97. The van der Waals surface area contributed by atoms with Crippen LogP contribution >= 0.6 is 0 Å². The van der Waals surface area contributed by atoms with Crippen LogP contribution in [-0.4, -0.2) is 33.9 Å². The number of hydrogen-bond donors (Lipinski definition) is 1. The summed E-state index contributed by atoms with van der Waals surface area (Å²) in [6.07, 6.45) is -4.21. The Hall–Kier alpha value is -3.15. The highest BCUT2D eigenvalue weighted by Crippen LogP contribution is 2.43. The number of aromatic nitrogens is 3. The molecule has 1 fully saturated rings. The van der Waals surface area contributed by atoms with Crippen LogP contribution in [0.25, 0.3) is 10.9 Å². The van der Waals surface area contributed by atoms with Crippen molar-refractivity contribution in [1.82, 2.24) is 14.5 Å². The molecule has 1 aliphatic heterocycles. The smallest absolute Gasteiger partial charge is 0.379 e. The topological polar surface area (TPSA) is 69.0 Å². The molecule has 6 nitrogen and oxygen atoms in total. The summed E-state index contributed by atoms with van der Waals surface area (Å²) in [5.74, 6) is -4.29. The molecule has 0 bridgehead atoms. The minimum atomic E-state index is -4.78. The number of ether oxygens (including phenoxy) is 1. The number of aryl methyl sites for hydroxylation is 1. The van der Waals surface area contributed by atoms with Gasteiger partial charge >= 0.3 is 6.18 Å². The number of benzene rings is 1. The van der Waals surface area contributed by atoms with Crippen LogP contribution in [0.2, 0.25) is 0 Å². The summed E-state index contributed by atoms with van der Waals surface area (Å²) in [6.45, 7) is 2.70. The monoisotopic (exact) mass is 500 g/mol. The van der Waals surface area contributed by atoms with Crippen molar-refractivity contribution in [3.63, 3.8) is 0 Å². The number of rotatable bonds is 5. The summed E-state index contributed by atoms with van der Waals surface area (Å²) in [5.41, 5.74) is -4.26. The highest BCUT2D eigenvalue weighted by molar-refractivity contribution is 5.88. The van der Waals surface area contributed by atoms with Crippen molar-refractivity contribution in [3.8, 4) is 0 Å². The van der Waals surface area contributed by atoms with E-state index < -0.39 is 53.6 Å². The van der Waals surface area contributed by atoms with E-state index in [0.29, 0.717) is 11.5 Å². The Morgan fingerprint density at radius 1 is 1.20 bits per heavy atom. The first-order valence-electron chi connectivity index (χ1n) is 10.7. The third-order valence-corrected chi connectivity index (χ3v) is 6.15. The molecule has 0 aliphatic carbocycles. The first kappa shape index (κ1) is 25.0. The number of pyridine rings is 1. The second kappa shape index (κ2) is 8.51. The molecule has 3 aromatic rings. The van der Waals surface area contributed by atoms with Gasteiger partial charge in [0.2, 0.25) is 0 Å². The van der Waals surface area contributed by atoms with Crippen LogP contribution in [0.5, 0.6) is 0 Å². The van der Waals surface area contributed by atoms with Gasteiger partial charge in [-0.2, -0.15) is 13.2 Å². The summed E-state index contributed by atoms with van der Waals surface area (Å²) >= 11 is 0. The fourth-order valence-corrected chi connectivity index (χ4v) is 4.27. The zero-order valence-electron chi connectivity index (χ0n) is 19.0. The van der Waals surface area contributed by atoms with E-state index in [4.69, 9.17) is 4.74 Å². The first-order chi connectivity index (χ1) is 16.2. The van der Waals surface area contributed by atoms with Crippen LogP contribution in [0.15, 0.2) is 35.3 Å². The minimum Gasteiger partial charge on any atom is -0.379 e. The van der Waals surface area contributed by atoms with Gasteiger partial charge in [0.1, 0.15) is 17.5 Å². The third kappa shape index (κ3) is 4.35. The highest BCUT2D eigenvalue weighted by Gasteiger charge is 2.59. The number of alkyl halides is 5. The Morgan fingerprint density at radius 2 is 1.91 bits per heavy atom. The molecular weight excluding hydrogens is 478 g/mol. The second-order valence-electron chi connectivity index (χ2n) is 8.70. The van der Waals surface area contributed by atoms with Crippen molar-refractivity contribution in [3.05, 3.63) is 63.6 Å². The molecule has 1 unspecified atom stereocenters. The molecule has 1 aromatic carbocycles. The van der Waals surface area contributed by atoms with E-state index in [2.05, 4.69) is 15.3 Å². The van der Waals surface area contributed by atoms with E-state index in [1.165, 1.54) is 26.0 Å². The zero-order valence-corrected chi connectivity index (χ0v) is 19.0. The number of nitrogens with one attached hydrogen (secondary N) is 1. The summed E-state index contributed by atoms with van der Waals surface area (Å²) < 4.78 is 90.3. The van der Waals surface area contributed by atoms with Crippen LogP contribution in [0.4, 0.5) is 32.2 Å². The van der Waals surface area contributed by atoms with Gasteiger partial charge < -0.3 is 10.1 Å². The molecule has 2 aromatic heterocycles. The number of anilines is 1. The van der Waals surface area contributed by atoms with Crippen molar-refractivity contribution in [1.29, 1.82) is 0 Å². The van der Waals surface area contributed by atoms with Gasteiger partial charge in [0.15, 0.2) is 5.54 Å². The number of nitrogens with zero attached hydrogens (tertiary/aromatic N) is 3. The van der Waals surface area contributed by atoms with Gasteiger partial charge in [0.25, 0.3) is 11.5 Å². The quantitative estimate of drug-likeness (QED) is 0.488. The van der Waals surface area contributed by atoms with Crippen LogP contribution in [0.3, 0.4) is 0 Å². The van der Waals surface area contributed by atoms with E-state index in [1.807, 2.05) is 0 Å². The van der Waals surface area contributed by atoms with Gasteiger partial charge in [0.05, 0.1) is 29.1 Å². The lowest BCUT2D eigenvalue weighted by Crippen LogP contribution is -2.52. The standard InChI is InChI=1S/C23H22F6N4O2/c1-12(14-5-4-6-16(19(14)24)21(3,25)26)30-20-15-10-33(18(34)9-17(15)31-13(2)32-20)22(23(27,28)29)7-8-35-11-22/h4-6,9-10,12H,7-8,11H2,1-3H3,(H,30,31,32)/t12-,22?/m1/s1.